The van der Waals surface area contributed by atoms with Gasteiger partial charge in [-0.1, -0.05) is 0 Å². The van der Waals surface area contributed by atoms with Crippen LogP contribution < -0.4 is 11.1 Å². The molecule has 0 saturated heterocycles. The van der Waals surface area contributed by atoms with Crippen LogP contribution in [0.1, 0.15) is 46.3 Å². The average Bonchev–Trinajstić information content (AvgIpc) is 2.65. The monoisotopic (exact) mass is 318 g/mol. The van der Waals surface area contributed by atoms with E-state index >= 15 is 0 Å². The van der Waals surface area contributed by atoms with Crippen molar-refractivity contribution in [3.05, 3.63) is 21.4 Å². The summed E-state index contributed by atoms with van der Waals surface area (Å²) in [5.41, 5.74) is 6.35. The summed E-state index contributed by atoms with van der Waals surface area (Å²) in [6.07, 6.45) is 1.26. The Labute approximate surface area is 130 Å². The zero-order valence-electron chi connectivity index (χ0n) is 12.2. The number of amides is 1. The Hall–Kier alpha value is -0.910. The van der Waals surface area contributed by atoms with Gasteiger partial charge >= 0.3 is 0 Å². The first-order chi connectivity index (χ1) is 8.90. The predicted octanol–water partition coefficient (Wildman–Crippen LogP) is 2.60. The van der Waals surface area contributed by atoms with E-state index in [1.807, 2.05) is 26.8 Å². The van der Waals surface area contributed by atoms with Crippen molar-refractivity contribution < 1.29 is 9.59 Å². The number of nitrogens with one attached hydrogen (secondary N) is 1. The third-order valence-electron chi connectivity index (χ3n) is 2.84. The van der Waals surface area contributed by atoms with Crippen molar-refractivity contribution in [1.29, 1.82) is 0 Å². The summed E-state index contributed by atoms with van der Waals surface area (Å²) in [7, 11) is 0. The SMILES string of the molecule is Cc1cc(C(=O)CCC(=O)NCCC(C)N)c(C)s1.Cl. The molecule has 1 unspecified atom stereocenters. The van der Waals surface area contributed by atoms with Crippen LogP contribution in [-0.2, 0) is 4.79 Å². The Balaban J connectivity index is 0.00000361. The van der Waals surface area contributed by atoms with Gasteiger partial charge in [-0.15, -0.1) is 23.7 Å². The first kappa shape index (κ1) is 19.1. The number of rotatable bonds is 7. The number of Topliss-reactive ketones (excluding diaryl/α,β-unsaturated/α-hetero) is 1. The van der Waals surface area contributed by atoms with Crippen LogP contribution in [-0.4, -0.2) is 24.3 Å². The fourth-order valence-corrected chi connectivity index (χ4v) is 2.74. The van der Waals surface area contributed by atoms with Gasteiger partial charge in [0.15, 0.2) is 5.78 Å². The number of nitrogens with two attached hydrogens (primary N) is 1. The van der Waals surface area contributed by atoms with Crippen molar-refractivity contribution >= 4 is 35.4 Å². The van der Waals surface area contributed by atoms with Crippen LogP contribution in [0.4, 0.5) is 0 Å². The number of thiophene rings is 1. The van der Waals surface area contributed by atoms with Crippen molar-refractivity contribution in [3.63, 3.8) is 0 Å². The fourth-order valence-electron chi connectivity index (χ4n) is 1.80. The van der Waals surface area contributed by atoms with Crippen molar-refractivity contribution in [2.45, 2.75) is 46.1 Å². The Morgan fingerprint density at radius 1 is 1.35 bits per heavy atom. The topological polar surface area (TPSA) is 72.2 Å². The van der Waals surface area contributed by atoms with Crippen molar-refractivity contribution in [1.82, 2.24) is 5.32 Å². The van der Waals surface area contributed by atoms with Crippen LogP contribution >= 0.6 is 23.7 Å². The number of halogens is 1. The van der Waals surface area contributed by atoms with Crippen molar-refractivity contribution in [2.75, 3.05) is 6.54 Å². The van der Waals surface area contributed by atoms with Crippen LogP contribution in [0.25, 0.3) is 0 Å². The van der Waals surface area contributed by atoms with E-state index in [1.165, 1.54) is 0 Å². The van der Waals surface area contributed by atoms with Crippen molar-refractivity contribution in [3.8, 4) is 0 Å². The molecule has 1 atom stereocenters. The number of hydrogen-bond donors (Lipinski definition) is 2. The average molecular weight is 319 g/mol. The fraction of sp³-hybridized carbons (Fsp3) is 0.571. The van der Waals surface area contributed by atoms with E-state index in [1.54, 1.807) is 11.3 Å². The maximum Gasteiger partial charge on any atom is 0.220 e. The maximum atomic E-state index is 12.0. The first-order valence-electron chi connectivity index (χ1n) is 6.52. The molecular formula is C14H23ClN2O2S. The number of carbonyl (C=O) groups is 2. The molecule has 0 fully saturated rings. The van der Waals surface area contributed by atoms with E-state index in [0.29, 0.717) is 6.54 Å². The Morgan fingerprint density at radius 2 is 2.00 bits per heavy atom. The summed E-state index contributed by atoms with van der Waals surface area (Å²) in [4.78, 5) is 25.7. The molecular weight excluding hydrogens is 296 g/mol. The van der Waals surface area contributed by atoms with Gasteiger partial charge in [0, 0.05) is 40.7 Å². The summed E-state index contributed by atoms with van der Waals surface area (Å²) in [6, 6.07) is 1.98. The van der Waals surface area contributed by atoms with Gasteiger partial charge in [-0.2, -0.15) is 0 Å². The van der Waals surface area contributed by atoms with Gasteiger partial charge in [-0.25, -0.2) is 0 Å². The molecule has 0 radical (unpaired) electrons. The zero-order valence-corrected chi connectivity index (χ0v) is 13.8. The zero-order chi connectivity index (χ0) is 14.4. The van der Waals surface area contributed by atoms with Crippen LogP contribution in [0.5, 0.6) is 0 Å². The molecule has 1 amide bonds. The molecule has 0 aliphatic carbocycles. The lowest BCUT2D eigenvalue weighted by molar-refractivity contribution is -0.121. The lowest BCUT2D eigenvalue weighted by atomic mass is 10.1. The van der Waals surface area contributed by atoms with Gasteiger partial charge in [0.05, 0.1) is 0 Å². The van der Waals surface area contributed by atoms with Crippen LogP contribution in [0.15, 0.2) is 6.07 Å². The van der Waals surface area contributed by atoms with E-state index in [9.17, 15) is 9.59 Å². The second kappa shape index (κ2) is 9.10. The largest absolute Gasteiger partial charge is 0.356 e. The molecule has 0 bridgehead atoms. The Kier molecular flexibility index (Phi) is 8.69. The molecule has 1 aromatic heterocycles. The van der Waals surface area contributed by atoms with Gasteiger partial charge in [0.2, 0.25) is 5.91 Å². The first-order valence-corrected chi connectivity index (χ1v) is 7.34. The molecule has 0 aliphatic heterocycles. The Bertz CT molecular complexity index is 458. The maximum absolute atomic E-state index is 12.0. The second-order valence-electron chi connectivity index (χ2n) is 4.87. The highest BCUT2D eigenvalue weighted by Gasteiger charge is 2.13. The number of hydrogen-bond acceptors (Lipinski definition) is 4. The summed E-state index contributed by atoms with van der Waals surface area (Å²) in [6.45, 7) is 6.39. The quantitative estimate of drug-likeness (QED) is 0.759. The van der Waals surface area contributed by atoms with Gasteiger partial charge in [-0.05, 0) is 33.3 Å². The number of ketones is 1. The molecule has 0 aromatic carbocycles. The summed E-state index contributed by atoms with van der Waals surface area (Å²) < 4.78 is 0. The van der Waals surface area contributed by atoms with E-state index < -0.39 is 0 Å². The van der Waals surface area contributed by atoms with E-state index in [4.69, 9.17) is 5.73 Å². The Morgan fingerprint density at radius 3 is 2.50 bits per heavy atom. The smallest absolute Gasteiger partial charge is 0.220 e. The minimum atomic E-state index is -0.0846. The van der Waals surface area contributed by atoms with Gasteiger partial charge in [0.1, 0.15) is 0 Å². The second-order valence-corrected chi connectivity index (χ2v) is 6.33. The van der Waals surface area contributed by atoms with E-state index in [-0.39, 0.29) is 43.0 Å². The molecule has 20 heavy (non-hydrogen) atoms. The van der Waals surface area contributed by atoms with E-state index in [2.05, 4.69) is 5.32 Å². The molecule has 1 heterocycles. The van der Waals surface area contributed by atoms with E-state index in [0.717, 1.165) is 21.7 Å². The minimum Gasteiger partial charge on any atom is -0.356 e. The third-order valence-corrected chi connectivity index (χ3v) is 3.81. The highest BCUT2D eigenvalue weighted by atomic mass is 35.5. The van der Waals surface area contributed by atoms with Crippen molar-refractivity contribution in [2.24, 2.45) is 5.73 Å². The molecule has 3 N–H and O–H groups in total. The highest BCUT2D eigenvalue weighted by molar-refractivity contribution is 7.12. The summed E-state index contributed by atoms with van der Waals surface area (Å²) in [5, 5.41) is 2.77. The summed E-state index contributed by atoms with van der Waals surface area (Å²) in [5.74, 6) is -0.0391. The van der Waals surface area contributed by atoms with Crippen LogP contribution in [0, 0.1) is 13.8 Å². The molecule has 4 nitrogen and oxygen atoms in total. The van der Waals surface area contributed by atoms with Crippen LogP contribution in [0.3, 0.4) is 0 Å². The molecule has 0 aliphatic rings. The molecule has 114 valence electrons. The molecule has 0 spiro atoms. The van der Waals surface area contributed by atoms with Gasteiger partial charge in [-0.3, -0.25) is 9.59 Å². The summed E-state index contributed by atoms with van der Waals surface area (Å²) >= 11 is 1.61. The number of carbonyl (C=O) groups excluding carboxylic acids is 2. The molecule has 1 aromatic rings. The number of aryl methyl sites for hydroxylation is 2. The highest BCUT2D eigenvalue weighted by Crippen LogP contribution is 2.22. The van der Waals surface area contributed by atoms with Gasteiger partial charge in [0.25, 0.3) is 0 Å². The molecule has 1 rings (SSSR count). The molecule has 6 heteroatoms. The standard InChI is InChI=1S/C14H22N2O2S.ClH/c1-9(15)6-7-16-14(18)5-4-13(17)12-8-10(2)19-11(12)3;/h8-9H,4-7,15H2,1-3H3,(H,16,18);1H. The molecule has 0 saturated carbocycles. The normalized spacial score (nSPS) is 11.6. The minimum absolute atomic E-state index is 0. The predicted molar refractivity (Wildman–Crippen MR) is 85.9 cm³/mol. The lowest BCUT2D eigenvalue weighted by Crippen LogP contribution is -2.29. The third kappa shape index (κ3) is 6.50. The lowest BCUT2D eigenvalue weighted by Gasteiger charge is -2.06. The van der Waals surface area contributed by atoms with Crippen LogP contribution in [0.2, 0.25) is 0 Å². The van der Waals surface area contributed by atoms with Gasteiger partial charge < -0.3 is 11.1 Å².